The lowest BCUT2D eigenvalue weighted by Gasteiger charge is -2.29. The molecule has 1 atom stereocenters. The molecule has 2 aromatic rings. The number of ether oxygens (including phenoxy) is 2. The Bertz CT molecular complexity index is 875. The second kappa shape index (κ2) is 7.97. The molecular weight excluding hydrogens is 364 g/mol. The fraction of sp³-hybridized carbons (Fsp3) is 0.474. The van der Waals surface area contributed by atoms with Crippen molar-refractivity contribution in [1.82, 2.24) is 15.5 Å². The maximum atomic E-state index is 12.2. The summed E-state index contributed by atoms with van der Waals surface area (Å²) >= 11 is 0. The van der Waals surface area contributed by atoms with Gasteiger partial charge in [-0.3, -0.25) is 9.59 Å². The van der Waals surface area contributed by atoms with E-state index in [9.17, 15) is 9.59 Å². The van der Waals surface area contributed by atoms with Gasteiger partial charge in [-0.2, -0.15) is 4.98 Å². The molecule has 9 nitrogen and oxygen atoms in total. The Balaban J connectivity index is 1.48. The van der Waals surface area contributed by atoms with Crippen molar-refractivity contribution in [3.05, 3.63) is 24.1 Å². The number of hydrogen-bond donors (Lipinski definition) is 1. The molecule has 2 aliphatic heterocycles. The fourth-order valence-electron chi connectivity index (χ4n) is 3.33. The van der Waals surface area contributed by atoms with Crippen molar-refractivity contribution in [2.75, 3.05) is 31.2 Å². The predicted molar refractivity (Wildman–Crippen MR) is 99.2 cm³/mol. The Morgan fingerprint density at radius 1 is 1.39 bits per heavy atom. The third-order valence-electron chi connectivity index (χ3n) is 4.74. The number of aromatic nitrogens is 2. The zero-order chi connectivity index (χ0) is 19.5. The van der Waals surface area contributed by atoms with Crippen LogP contribution >= 0.6 is 0 Å². The van der Waals surface area contributed by atoms with E-state index in [1.807, 2.05) is 6.92 Å². The summed E-state index contributed by atoms with van der Waals surface area (Å²) in [5.74, 6) is 0.275. The van der Waals surface area contributed by atoms with E-state index in [1.165, 1.54) is 0 Å². The molecule has 2 amide bonds. The standard InChI is InChI=1S/C19H22N4O5/c1-2-7-23-14-6-5-12(9-15(14)27-11-16(23)24)17-21-19(28-22-17)18(25)20-10-13-4-3-8-26-13/h5-6,9,13H,2-4,7-8,10-11H2,1H3,(H,20,25)/t13-/m0/s1. The van der Waals surface area contributed by atoms with Crippen LogP contribution in [0.4, 0.5) is 5.69 Å². The zero-order valence-electron chi connectivity index (χ0n) is 15.6. The van der Waals surface area contributed by atoms with E-state index in [4.69, 9.17) is 14.0 Å². The van der Waals surface area contributed by atoms with Crippen LogP contribution in [0.3, 0.4) is 0 Å². The molecule has 0 aliphatic carbocycles. The van der Waals surface area contributed by atoms with E-state index in [0.717, 1.165) is 31.6 Å². The van der Waals surface area contributed by atoms with Crippen LogP contribution in [0.15, 0.2) is 22.7 Å². The third kappa shape index (κ3) is 3.70. The SMILES string of the molecule is CCCN1C(=O)COc2cc(-c3noc(C(=O)NC[C@@H]4CCCO4)n3)ccc21. The van der Waals surface area contributed by atoms with Crippen molar-refractivity contribution in [3.63, 3.8) is 0 Å². The molecule has 1 fully saturated rings. The number of benzene rings is 1. The molecule has 0 radical (unpaired) electrons. The van der Waals surface area contributed by atoms with Gasteiger partial charge in [-0.25, -0.2) is 0 Å². The summed E-state index contributed by atoms with van der Waals surface area (Å²) in [6.07, 6.45) is 2.83. The van der Waals surface area contributed by atoms with Gasteiger partial charge < -0.3 is 24.2 Å². The minimum Gasteiger partial charge on any atom is -0.482 e. The van der Waals surface area contributed by atoms with Gasteiger partial charge in [0.05, 0.1) is 11.8 Å². The third-order valence-corrected chi connectivity index (χ3v) is 4.74. The minimum absolute atomic E-state index is 0.000406. The molecule has 0 spiro atoms. The number of rotatable bonds is 6. The highest BCUT2D eigenvalue weighted by molar-refractivity contribution is 5.98. The topological polar surface area (TPSA) is 107 Å². The highest BCUT2D eigenvalue weighted by atomic mass is 16.5. The lowest BCUT2D eigenvalue weighted by Crippen LogP contribution is -2.39. The van der Waals surface area contributed by atoms with Gasteiger partial charge in [0.25, 0.3) is 5.91 Å². The first-order valence-corrected chi connectivity index (χ1v) is 9.47. The average molecular weight is 386 g/mol. The maximum absolute atomic E-state index is 12.2. The number of carbonyl (C=O) groups excluding carboxylic acids is 2. The first kappa shape index (κ1) is 18.4. The van der Waals surface area contributed by atoms with Gasteiger partial charge in [0.1, 0.15) is 5.75 Å². The van der Waals surface area contributed by atoms with Gasteiger partial charge >= 0.3 is 11.8 Å². The number of hydrogen-bond acceptors (Lipinski definition) is 7. The van der Waals surface area contributed by atoms with Crippen molar-refractivity contribution in [2.24, 2.45) is 0 Å². The lowest BCUT2D eigenvalue weighted by molar-refractivity contribution is -0.121. The van der Waals surface area contributed by atoms with Gasteiger partial charge in [0.2, 0.25) is 5.82 Å². The molecule has 0 unspecified atom stereocenters. The Labute approximate surface area is 162 Å². The Hall–Kier alpha value is -2.94. The van der Waals surface area contributed by atoms with Gasteiger partial charge in [-0.1, -0.05) is 12.1 Å². The van der Waals surface area contributed by atoms with Crippen molar-refractivity contribution in [2.45, 2.75) is 32.3 Å². The van der Waals surface area contributed by atoms with Crippen LogP contribution in [-0.2, 0) is 9.53 Å². The monoisotopic (exact) mass is 386 g/mol. The molecule has 148 valence electrons. The summed E-state index contributed by atoms with van der Waals surface area (Å²) in [6.45, 7) is 3.80. The van der Waals surface area contributed by atoms with E-state index in [0.29, 0.717) is 24.4 Å². The summed E-state index contributed by atoms with van der Waals surface area (Å²) in [7, 11) is 0. The average Bonchev–Trinajstić information content (AvgIpc) is 3.40. The van der Waals surface area contributed by atoms with Crippen molar-refractivity contribution < 1.29 is 23.6 Å². The Kier molecular flexibility index (Phi) is 5.25. The molecule has 1 aromatic carbocycles. The molecular formula is C19H22N4O5. The number of nitrogens with zero attached hydrogens (tertiary/aromatic N) is 3. The van der Waals surface area contributed by atoms with Crippen molar-refractivity contribution in [1.29, 1.82) is 0 Å². The predicted octanol–water partition coefficient (Wildman–Crippen LogP) is 1.78. The van der Waals surface area contributed by atoms with Crippen LogP contribution < -0.4 is 15.0 Å². The Morgan fingerprint density at radius 2 is 2.29 bits per heavy atom. The molecule has 1 N–H and O–H groups in total. The van der Waals surface area contributed by atoms with Gasteiger partial charge in [0, 0.05) is 25.3 Å². The number of amides is 2. The van der Waals surface area contributed by atoms with E-state index in [-0.39, 0.29) is 30.3 Å². The quantitative estimate of drug-likeness (QED) is 0.806. The summed E-state index contributed by atoms with van der Waals surface area (Å²) < 4.78 is 16.1. The largest absolute Gasteiger partial charge is 0.482 e. The van der Waals surface area contributed by atoms with Crippen LogP contribution in [0.1, 0.15) is 36.9 Å². The number of anilines is 1. The van der Waals surface area contributed by atoms with Gasteiger partial charge in [-0.05, 0) is 37.5 Å². The normalized spacial score (nSPS) is 18.7. The molecule has 0 bridgehead atoms. The van der Waals surface area contributed by atoms with Gasteiger partial charge in [-0.15, -0.1) is 0 Å². The highest BCUT2D eigenvalue weighted by Gasteiger charge is 2.26. The first-order chi connectivity index (χ1) is 13.7. The van der Waals surface area contributed by atoms with E-state index in [2.05, 4.69) is 15.5 Å². The first-order valence-electron chi connectivity index (χ1n) is 9.47. The summed E-state index contributed by atoms with van der Waals surface area (Å²) in [5, 5.41) is 6.64. The summed E-state index contributed by atoms with van der Waals surface area (Å²) in [6, 6.07) is 5.33. The molecule has 4 rings (SSSR count). The van der Waals surface area contributed by atoms with Crippen LogP contribution in [-0.4, -0.2) is 54.4 Å². The highest BCUT2D eigenvalue weighted by Crippen LogP contribution is 2.35. The molecule has 3 heterocycles. The second-order valence-electron chi connectivity index (χ2n) is 6.78. The minimum atomic E-state index is -0.428. The van der Waals surface area contributed by atoms with Crippen LogP contribution in [0, 0.1) is 0 Å². The van der Waals surface area contributed by atoms with Crippen LogP contribution in [0.2, 0.25) is 0 Å². The van der Waals surface area contributed by atoms with Crippen LogP contribution in [0.25, 0.3) is 11.4 Å². The smallest absolute Gasteiger partial charge is 0.316 e. The molecule has 1 aromatic heterocycles. The van der Waals surface area contributed by atoms with Crippen molar-refractivity contribution in [3.8, 4) is 17.1 Å². The van der Waals surface area contributed by atoms with E-state index in [1.54, 1.807) is 23.1 Å². The number of nitrogens with one attached hydrogen (secondary N) is 1. The molecule has 9 heteroatoms. The molecule has 2 aliphatic rings. The zero-order valence-corrected chi connectivity index (χ0v) is 15.6. The van der Waals surface area contributed by atoms with E-state index >= 15 is 0 Å². The summed E-state index contributed by atoms with van der Waals surface area (Å²) in [4.78, 5) is 30.1. The maximum Gasteiger partial charge on any atom is 0.316 e. The van der Waals surface area contributed by atoms with E-state index < -0.39 is 5.91 Å². The Morgan fingerprint density at radius 3 is 3.07 bits per heavy atom. The van der Waals surface area contributed by atoms with Gasteiger partial charge in [0.15, 0.2) is 6.61 Å². The van der Waals surface area contributed by atoms with Crippen LogP contribution in [0.5, 0.6) is 5.75 Å². The summed E-state index contributed by atoms with van der Waals surface area (Å²) in [5.41, 5.74) is 1.37. The molecule has 1 saturated heterocycles. The van der Waals surface area contributed by atoms with Crippen molar-refractivity contribution >= 4 is 17.5 Å². The number of fused-ring (bicyclic) bond motifs is 1. The fourth-order valence-corrected chi connectivity index (χ4v) is 3.33. The number of carbonyl (C=O) groups is 2. The molecule has 0 saturated carbocycles. The lowest BCUT2D eigenvalue weighted by atomic mass is 10.1. The molecule has 28 heavy (non-hydrogen) atoms. The second-order valence-corrected chi connectivity index (χ2v) is 6.78.